The van der Waals surface area contributed by atoms with Crippen LogP contribution in [-0.2, 0) is 15.9 Å². The van der Waals surface area contributed by atoms with Crippen molar-refractivity contribution >= 4 is 11.8 Å². The van der Waals surface area contributed by atoms with E-state index in [4.69, 9.17) is 14.2 Å². The molecule has 3 fully saturated rings. The van der Waals surface area contributed by atoms with Crippen molar-refractivity contribution in [1.82, 2.24) is 10.6 Å². The smallest absolute Gasteiger partial charge is 0.315 e. The zero-order chi connectivity index (χ0) is 19.8. The summed E-state index contributed by atoms with van der Waals surface area (Å²) in [6.07, 6.45) is 6.31. The van der Waals surface area contributed by atoms with E-state index in [-0.39, 0.29) is 42.2 Å². The molecule has 0 radical (unpaired) electrons. The molecule has 5 rings (SSSR count). The minimum atomic E-state index is -0.240. The zero-order valence-electron chi connectivity index (χ0n) is 16.5. The van der Waals surface area contributed by atoms with Gasteiger partial charge in [-0.25, -0.2) is 4.79 Å². The summed E-state index contributed by atoms with van der Waals surface area (Å²) in [6, 6.07) is 5.58. The first-order chi connectivity index (χ1) is 14.2. The molecule has 4 aliphatic rings. The van der Waals surface area contributed by atoms with Crippen LogP contribution in [0.25, 0.3) is 0 Å². The summed E-state index contributed by atoms with van der Waals surface area (Å²) in [5, 5.41) is 6.11. The molecule has 7 heteroatoms. The zero-order valence-corrected chi connectivity index (χ0v) is 16.5. The molecule has 7 nitrogen and oxygen atoms in total. The molecule has 0 bridgehead atoms. The number of hydrogen-bond acceptors (Lipinski definition) is 5. The topological polar surface area (TPSA) is 85.9 Å². The second-order valence-electron chi connectivity index (χ2n) is 8.52. The summed E-state index contributed by atoms with van der Waals surface area (Å²) in [5.74, 6) is 0.925. The predicted octanol–water partition coefficient (Wildman–Crippen LogP) is 2.36. The first-order valence-corrected chi connectivity index (χ1v) is 10.8. The van der Waals surface area contributed by atoms with Gasteiger partial charge >= 0.3 is 6.03 Å². The van der Waals surface area contributed by atoms with Crippen LogP contribution in [0.5, 0.6) is 5.75 Å². The molecule has 156 valence electrons. The summed E-state index contributed by atoms with van der Waals surface area (Å²) in [7, 11) is 0. The van der Waals surface area contributed by atoms with Gasteiger partial charge in [-0.1, -0.05) is 31.4 Å². The lowest BCUT2D eigenvalue weighted by molar-refractivity contribution is 0.0300. The number of amides is 2. The highest BCUT2D eigenvalue weighted by Gasteiger charge is 2.49. The Labute approximate surface area is 170 Å². The van der Waals surface area contributed by atoms with Crippen molar-refractivity contribution in [2.45, 2.75) is 75.3 Å². The summed E-state index contributed by atoms with van der Waals surface area (Å²) in [4.78, 5) is 24.4. The first-order valence-electron chi connectivity index (χ1n) is 10.8. The molecule has 29 heavy (non-hydrogen) atoms. The molecule has 2 saturated heterocycles. The number of fused-ring (bicyclic) bond motifs is 2. The number of carbonyl (C=O) groups is 2. The normalized spacial score (nSPS) is 31.4. The summed E-state index contributed by atoms with van der Waals surface area (Å²) < 4.78 is 18.1. The maximum absolute atomic E-state index is 12.4. The number of ether oxygens (including phenoxy) is 3. The number of nitrogens with one attached hydrogen (secondary N) is 2. The van der Waals surface area contributed by atoms with E-state index in [0.717, 1.165) is 36.1 Å². The molecule has 1 saturated carbocycles. The van der Waals surface area contributed by atoms with E-state index in [1.54, 1.807) is 0 Å². The van der Waals surface area contributed by atoms with Crippen molar-refractivity contribution in [3.05, 3.63) is 29.3 Å². The van der Waals surface area contributed by atoms with Crippen molar-refractivity contribution in [3.8, 4) is 5.75 Å². The van der Waals surface area contributed by atoms with E-state index in [9.17, 15) is 9.59 Å². The average Bonchev–Trinajstić information content (AvgIpc) is 3.41. The van der Waals surface area contributed by atoms with Crippen molar-refractivity contribution in [1.29, 1.82) is 0 Å². The molecule has 0 aromatic heterocycles. The van der Waals surface area contributed by atoms with Gasteiger partial charge in [0.1, 0.15) is 18.0 Å². The van der Waals surface area contributed by atoms with Crippen LogP contribution in [0, 0.1) is 0 Å². The van der Waals surface area contributed by atoms with Gasteiger partial charge in [0, 0.05) is 23.6 Å². The summed E-state index contributed by atoms with van der Waals surface area (Å²) in [5.41, 5.74) is 1.75. The molecule has 2 N–H and O–H groups in total. The van der Waals surface area contributed by atoms with Gasteiger partial charge in [-0.3, -0.25) is 4.79 Å². The number of benzene rings is 1. The summed E-state index contributed by atoms with van der Waals surface area (Å²) >= 11 is 0. The molecule has 2 heterocycles. The monoisotopic (exact) mass is 400 g/mol. The number of hydrogen-bond donors (Lipinski definition) is 2. The number of urea groups is 1. The Morgan fingerprint density at radius 1 is 1.00 bits per heavy atom. The van der Waals surface area contributed by atoms with E-state index in [2.05, 4.69) is 10.6 Å². The predicted molar refractivity (Wildman–Crippen MR) is 105 cm³/mol. The van der Waals surface area contributed by atoms with Gasteiger partial charge in [-0.05, 0) is 25.3 Å². The largest absolute Gasteiger partial charge is 0.485 e. The maximum Gasteiger partial charge on any atom is 0.315 e. The van der Waals surface area contributed by atoms with Gasteiger partial charge in [-0.15, -0.1) is 0 Å². The molecular weight excluding hydrogens is 372 g/mol. The van der Waals surface area contributed by atoms with Gasteiger partial charge in [0.2, 0.25) is 0 Å². The lowest BCUT2D eigenvalue weighted by Crippen LogP contribution is -2.51. The van der Waals surface area contributed by atoms with Crippen LogP contribution >= 0.6 is 0 Å². The van der Waals surface area contributed by atoms with Crippen LogP contribution in [0.3, 0.4) is 0 Å². The highest BCUT2D eigenvalue weighted by molar-refractivity contribution is 6.01. The average molecular weight is 400 g/mol. The fraction of sp³-hybridized carbons (Fsp3) is 0.636. The van der Waals surface area contributed by atoms with E-state index < -0.39 is 0 Å². The van der Waals surface area contributed by atoms with E-state index in [1.807, 2.05) is 18.2 Å². The number of carbonyl (C=O) groups excluding carboxylic acids is 2. The fourth-order valence-electron chi connectivity index (χ4n) is 5.06. The number of ketones is 1. The maximum atomic E-state index is 12.4. The third-order valence-electron chi connectivity index (χ3n) is 6.58. The van der Waals surface area contributed by atoms with Crippen LogP contribution in [-0.4, -0.2) is 55.4 Å². The minimum Gasteiger partial charge on any atom is -0.485 e. The number of rotatable bonds is 4. The van der Waals surface area contributed by atoms with Crippen molar-refractivity contribution in [3.63, 3.8) is 0 Å². The Morgan fingerprint density at radius 2 is 1.83 bits per heavy atom. The SMILES string of the molecule is O=C(NC1CCCCC1)N[C@H]1CO[C@H]2[C@@H]1OC[C@@H]2Oc1cccc2c1CCC2=O. The van der Waals surface area contributed by atoms with E-state index in [1.165, 1.54) is 19.3 Å². The van der Waals surface area contributed by atoms with Crippen LogP contribution in [0.4, 0.5) is 4.79 Å². The van der Waals surface area contributed by atoms with E-state index >= 15 is 0 Å². The van der Waals surface area contributed by atoms with Crippen LogP contribution in [0.2, 0.25) is 0 Å². The molecule has 4 atom stereocenters. The minimum absolute atomic E-state index is 0.140. The molecule has 0 spiro atoms. The molecule has 2 amide bonds. The molecule has 1 aromatic rings. The van der Waals surface area contributed by atoms with Gasteiger partial charge in [-0.2, -0.15) is 0 Å². The highest BCUT2D eigenvalue weighted by atomic mass is 16.6. The third-order valence-corrected chi connectivity index (χ3v) is 6.58. The molecule has 1 aromatic carbocycles. The molecular formula is C22H28N2O5. The Kier molecular flexibility index (Phi) is 5.18. The van der Waals surface area contributed by atoms with Crippen molar-refractivity contribution in [2.24, 2.45) is 0 Å². The van der Waals surface area contributed by atoms with Crippen LogP contribution < -0.4 is 15.4 Å². The third kappa shape index (κ3) is 3.73. The highest BCUT2D eigenvalue weighted by Crippen LogP contribution is 2.35. The van der Waals surface area contributed by atoms with Gasteiger partial charge in [0.25, 0.3) is 0 Å². The van der Waals surface area contributed by atoms with Gasteiger partial charge < -0.3 is 24.8 Å². The quantitative estimate of drug-likeness (QED) is 0.810. The molecule has 0 unspecified atom stereocenters. The summed E-state index contributed by atoms with van der Waals surface area (Å²) in [6.45, 7) is 0.827. The van der Waals surface area contributed by atoms with E-state index in [0.29, 0.717) is 19.6 Å². The Bertz CT molecular complexity index is 791. The molecule has 2 aliphatic carbocycles. The lowest BCUT2D eigenvalue weighted by atomic mass is 9.96. The van der Waals surface area contributed by atoms with Gasteiger partial charge in [0.15, 0.2) is 11.9 Å². The second kappa shape index (κ2) is 7.95. The van der Waals surface area contributed by atoms with Crippen molar-refractivity contribution in [2.75, 3.05) is 13.2 Å². The van der Waals surface area contributed by atoms with Crippen molar-refractivity contribution < 1.29 is 23.8 Å². The Hall–Kier alpha value is -2.12. The fourth-order valence-corrected chi connectivity index (χ4v) is 5.06. The second-order valence-corrected chi connectivity index (χ2v) is 8.52. The Morgan fingerprint density at radius 3 is 2.69 bits per heavy atom. The lowest BCUT2D eigenvalue weighted by Gasteiger charge is -2.24. The van der Waals surface area contributed by atoms with Crippen LogP contribution in [0.15, 0.2) is 18.2 Å². The van der Waals surface area contributed by atoms with Crippen LogP contribution in [0.1, 0.15) is 54.4 Å². The Balaban J connectivity index is 1.19. The number of Topliss-reactive ketones (excluding diaryl/α,β-unsaturated/α-hetero) is 1. The standard InChI is InChI=1S/C22H28N2O5/c25-17-10-9-15-14(17)7-4-8-18(15)29-19-12-28-20-16(11-27-21(19)20)24-22(26)23-13-5-2-1-3-6-13/h4,7-8,13,16,19-21H,1-3,5-6,9-12H2,(H2,23,24,26)/t16-,19-,20+,21+/m0/s1. The first kappa shape index (κ1) is 18.9. The molecule has 2 aliphatic heterocycles. The van der Waals surface area contributed by atoms with Gasteiger partial charge in [0.05, 0.1) is 19.3 Å².